The van der Waals surface area contributed by atoms with Crippen molar-refractivity contribution in [3.63, 3.8) is 0 Å². The molecule has 0 saturated carbocycles. The molecule has 0 aliphatic heterocycles. The van der Waals surface area contributed by atoms with E-state index in [9.17, 15) is 16.8 Å². The lowest BCUT2D eigenvalue weighted by molar-refractivity contribution is 0.257. The highest BCUT2D eigenvalue weighted by Gasteiger charge is 2.26. The molecule has 0 aliphatic carbocycles. The Hall–Kier alpha value is -0.670. The zero-order valence-electron chi connectivity index (χ0n) is 11.1. The first-order valence-corrected chi connectivity index (χ1v) is 9.46. The Morgan fingerprint density at radius 1 is 1.25 bits per heavy atom. The highest BCUT2D eigenvalue weighted by Crippen LogP contribution is 2.27. The lowest BCUT2D eigenvalue weighted by Crippen LogP contribution is -2.33. The largest absolute Gasteiger partial charge is 0.395 e. The molecular formula is C11H16ClNO5S2. The molecule has 0 fully saturated rings. The van der Waals surface area contributed by atoms with Crippen LogP contribution in [-0.4, -0.2) is 52.2 Å². The summed E-state index contributed by atoms with van der Waals surface area (Å²) in [6, 6.07) is 3.52. The van der Waals surface area contributed by atoms with Gasteiger partial charge in [0.2, 0.25) is 10.0 Å². The van der Waals surface area contributed by atoms with Crippen LogP contribution in [0.1, 0.15) is 6.92 Å². The minimum absolute atomic E-state index is 0.0613. The summed E-state index contributed by atoms with van der Waals surface area (Å²) in [5.41, 5.74) is 0. The zero-order valence-corrected chi connectivity index (χ0v) is 13.5. The number of sulfone groups is 1. The van der Waals surface area contributed by atoms with Gasteiger partial charge in [-0.15, -0.1) is 0 Å². The summed E-state index contributed by atoms with van der Waals surface area (Å²) in [5, 5.41) is 8.83. The van der Waals surface area contributed by atoms with Gasteiger partial charge in [-0.1, -0.05) is 18.5 Å². The first-order valence-electron chi connectivity index (χ1n) is 5.75. The van der Waals surface area contributed by atoms with Gasteiger partial charge in [0.15, 0.2) is 9.84 Å². The Morgan fingerprint density at radius 2 is 1.85 bits per heavy atom. The minimum Gasteiger partial charge on any atom is -0.395 e. The molecule has 0 unspecified atom stereocenters. The van der Waals surface area contributed by atoms with E-state index < -0.39 is 19.9 Å². The van der Waals surface area contributed by atoms with E-state index in [0.29, 0.717) is 0 Å². The fourth-order valence-corrected chi connectivity index (χ4v) is 4.27. The molecule has 1 aromatic rings. The second kappa shape index (κ2) is 6.40. The molecule has 0 spiro atoms. The van der Waals surface area contributed by atoms with Crippen molar-refractivity contribution in [1.29, 1.82) is 0 Å². The predicted molar refractivity (Wildman–Crippen MR) is 76.1 cm³/mol. The van der Waals surface area contributed by atoms with Crippen LogP contribution in [0.4, 0.5) is 0 Å². The summed E-state index contributed by atoms with van der Waals surface area (Å²) in [6.45, 7) is 1.33. The summed E-state index contributed by atoms with van der Waals surface area (Å²) < 4.78 is 48.8. The number of hydrogen-bond donors (Lipinski definition) is 1. The molecule has 0 heterocycles. The Bertz CT molecular complexity index is 685. The van der Waals surface area contributed by atoms with Crippen LogP contribution in [0.25, 0.3) is 0 Å². The molecule has 20 heavy (non-hydrogen) atoms. The van der Waals surface area contributed by atoms with Crippen LogP contribution in [0.2, 0.25) is 5.02 Å². The standard InChI is InChI=1S/C11H16ClNO5S2/c1-3-13(6-7-14)20(17,18)11-8-9(19(2,15)16)4-5-10(11)12/h4-5,8,14H,3,6-7H2,1-2H3. The molecule has 9 heteroatoms. The number of aliphatic hydroxyl groups is 1. The fraction of sp³-hybridized carbons (Fsp3) is 0.455. The zero-order chi connectivity index (χ0) is 15.6. The number of sulfonamides is 1. The lowest BCUT2D eigenvalue weighted by Gasteiger charge is -2.20. The Balaban J connectivity index is 3.45. The molecule has 1 aromatic carbocycles. The normalized spacial score (nSPS) is 12.8. The highest BCUT2D eigenvalue weighted by atomic mass is 35.5. The van der Waals surface area contributed by atoms with Crippen molar-refractivity contribution in [2.75, 3.05) is 26.0 Å². The topological polar surface area (TPSA) is 91.8 Å². The van der Waals surface area contributed by atoms with Crippen LogP contribution >= 0.6 is 11.6 Å². The third kappa shape index (κ3) is 3.70. The van der Waals surface area contributed by atoms with Crippen LogP contribution in [0.15, 0.2) is 28.0 Å². The number of likely N-dealkylation sites (N-methyl/N-ethyl adjacent to an activating group) is 1. The number of hydrogen-bond acceptors (Lipinski definition) is 5. The van der Waals surface area contributed by atoms with E-state index in [1.54, 1.807) is 6.92 Å². The average molecular weight is 342 g/mol. The van der Waals surface area contributed by atoms with Gasteiger partial charge in [0.25, 0.3) is 0 Å². The minimum atomic E-state index is -3.95. The van der Waals surface area contributed by atoms with Crippen LogP contribution in [-0.2, 0) is 19.9 Å². The van der Waals surface area contributed by atoms with Gasteiger partial charge < -0.3 is 5.11 Å². The van der Waals surface area contributed by atoms with Crippen LogP contribution < -0.4 is 0 Å². The maximum Gasteiger partial charge on any atom is 0.244 e. The van der Waals surface area contributed by atoms with Gasteiger partial charge in [-0.25, -0.2) is 16.8 Å². The van der Waals surface area contributed by atoms with Gasteiger partial charge >= 0.3 is 0 Å². The fourth-order valence-electron chi connectivity index (χ4n) is 1.61. The first kappa shape index (κ1) is 17.4. The lowest BCUT2D eigenvalue weighted by atomic mass is 10.4. The summed E-state index contributed by atoms with van der Waals surface area (Å²) in [7, 11) is -7.49. The quantitative estimate of drug-likeness (QED) is 0.824. The van der Waals surface area contributed by atoms with Crippen LogP contribution in [0, 0.1) is 0 Å². The van der Waals surface area contributed by atoms with Crippen molar-refractivity contribution in [1.82, 2.24) is 4.31 Å². The van der Waals surface area contributed by atoms with E-state index in [1.807, 2.05) is 0 Å². The molecule has 0 amide bonds. The van der Waals surface area contributed by atoms with Gasteiger partial charge in [0, 0.05) is 19.3 Å². The molecule has 0 atom stereocenters. The number of nitrogens with zero attached hydrogens (tertiary/aromatic N) is 1. The number of halogens is 1. The summed E-state index contributed by atoms with van der Waals surface area (Å²) in [5.74, 6) is 0. The molecule has 0 radical (unpaired) electrons. The second-order valence-electron chi connectivity index (χ2n) is 4.08. The number of aliphatic hydroxyl groups excluding tert-OH is 1. The van der Waals surface area contributed by atoms with Gasteiger partial charge in [0.05, 0.1) is 16.5 Å². The highest BCUT2D eigenvalue weighted by molar-refractivity contribution is 7.91. The average Bonchev–Trinajstić information content (AvgIpc) is 2.34. The molecule has 114 valence electrons. The van der Waals surface area contributed by atoms with E-state index in [2.05, 4.69) is 0 Å². The molecular weight excluding hydrogens is 326 g/mol. The first-order chi connectivity index (χ1) is 9.14. The van der Waals surface area contributed by atoms with Gasteiger partial charge in [-0.05, 0) is 18.2 Å². The number of benzene rings is 1. The molecule has 0 bridgehead atoms. The molecule has 6 nitrogen and oxygen atoms in total. The summed E-state index contributed by atoms with van der Waals surface area (Å²) in [4.78, 5) is -0.405. The van der Waals surface area contributed by atoms with E-state index in [0.717, 1.165) is 16.6 Å². The van der Waals surface area contributed by atoms with Crippen molar-refractivity contribution in [3.05, 3.63) is 23.2 Å². The number of rotatable bonds is 6. The maximum atomic E-state index is 12.4. The summed E-state index contributed by atoms with van der Waals surface area (Å²) >= 11 is 5.87. The van der Waals surface area contributed by atoms with E-state index >= 15 is 0 Å². The van der Waals surface area contributed by atoms with Gasteiger partial charge in [-0.3, -0.25) is 0 Å². The van der Waals surface area contributed by atoms with Crippen molar-refractivity contribution >= 4 is 31.5 Å². The maximum absolute atomic E-state index is 12.4. The monoisotopic (exact) mass is 341 g/mol. The van der Waals surface area contributed by atoms with Crippen LogP contribution in [0.5, 0.6) is 0 Å². The van der Waals surface area contributed by atoms with Crippen LogP contribution in [0.3, 0.4) is 0 Å². The predicted octanol–water partition coefficient (Wildman–Crippen LogP) is 0.746. The van der Waals surface area contributed by atoms with E-state index in [4.69, 9.17) is 16.7 Å². The molecule has 0 saturated heterocycles. The Morgan fingerprint density at radius 3 is 2.30 bits per heavy atom. The van der Waals surface area contributed by atoms with Crippen molar-refractivity contribution in [3.8, 4) is 0 Å². The SMILES string of the molecule is CCN(CCO)S(=O)(=O)c1cc(S(C)(=O)=O)ccc1Cl. The third-order valence-electron chi connectivity index (χ3n) is 2.65. The second-order valence-corrected chi connectivity index (χ2v) is 8.41. The Labute approximate surface area is 123 Å². The van der Waals surface area contributed by atoms with Gasteiger partial charge in [-0.2, -0.15) is 4.31 Å². The van der Waals surface area contributed by atoms with Gasteiger partial charge in [0.1, 0.15) is 4.90 Å². The third-order valence-corrected chi connectivity index (χ3v) is 6.22. The molecule has 1 rings (SSSR count). The molecule has 0 aliphatic rings. The molecule has 0 aromatic heterocycles. The molecule has 1 N–H and O–H groups in total. The van der Waals surface area contributed by atoms with Crippen molar-refractivity contribution in [2.45, 2.75) is 16.7 Å². The van der Waals surface area contributed by atoms with Crippen molar-refractivity contribution < 1.29 is 21.9 Å². The van der Waals surface area contributed by atoms with Crippen molar-refractivity contribution in [2.24, 2.45) is 0 Å². The van der Waals surface area contributed by atoms with E-state index in [-0.39, 0.29) is 34.5 Å². The van der Waals surface area contributed by atoms with E-state index in [1.165, 1.54) is 12.1 Å². The smallest absolute Gasteiger partial charge is 0.244 e. The summed E-state index contributed by atoms with van der Waals surface area (Å²) in [6.07, 6.45) is 0.984. The Kier molecular flexibility index (Phi) is 5.56.